The summed E-state index contributed by atoms with van der Waals surface area (Å²) in [5, 5.41) is 3.01. The van der Waals surface area contributed by atoms with E-state index in [4.69, 9.17) is 4.43 Å². The normalized spacial score (nSPS) is 16.1. The Balaban J connectivity index is 5.01. The highest BCUT2D eigenvalue weighted by Gasteiger charge is 2.61. The van der Waals surface area contributed by atoms with E-state index >= 15 is 0 Å². The lowest BCUT2D eigenvalue weighted by molar-refractivity contribution is 0.436. The number of halogens is 1. The molecule has 10 heteroatoms. The van der Waals surface area contributed by atoms with E-state index in [0.29, 0.717) is 14.6 Å². The highest BCUT2D eigenvalue weighted by molar-refractivity contribution is 9.24. The first-order chi connectivity index (χ1) is 19.6. The second-order valence-corrected chi connectivity index (χ2v) is 65.0. The van der Waals surface area contributed by atoms with Crippen molar-refractivity contribution in [2.75, 3.05) is 0 Å². The number of hydrogen-bond donors (Lipinski definition) is 0. The third kappa shape index (κ3) is 9.41. The summed E-state index contributed by atoms with van der Waals surface area (Å²) in [6.45, 7) is 60.9. The van der Waals surface area contributed by atoms with Crippen molar-refractivity contribution in [2.24, 2.45) is 0 Å². The van der Waals surface area contributed by atoms with E-state index < -0.39 is 64.2 Å². The van der Waals surface area contributed by atoms with Crippen LogP contribution < -0.4 is 5.19 Å². The summed E-state index contributed by atoms with van der Waals surface area (Å²) in [5.41, 5.74) is 5.25. The molecule has 0 N–H and O–H groups in total. The van der Waals surface area contributed by atoms with Gasteiger partial charge in [0, 0.05) is 62.9 Å². The van der Waals surface area contributed by atoms with Crippen LogP contribution in [-0.2, 0) is 8.71 Å². The molecule has 1 unspecified atom stereocenters. The van der Waals surface area contributed by atoms with Gasteiger partial charge in [-0.3, -0.25) is 0 Å². The van der Waals surface area contributed by atoms with Gasteiger partial charge in [-0.25, -0.2) is 0 Å². The fourth-order valence-corrected chi connectivity index (χ4v) is 71.5. The predicted molar refractivity (Wildman–Crippen MR) is 238 cm³/mol. The summed E-state index contributed by atoms with van der Waals surface area (Å²) >= 11 is 4.43. The van der Waals surface area contributed by atoms with Crippen molar-refractivity contribution in [2.45, 2.75) is 172 Å². The van der Waals surface area contributed by atoms with Crippen LogP contribution in [0.5, 0.6) is 0 Å². The molecule has 262 valence electrons. The van der Waals surface area contributed by atoms with Gasteiger partial charge < -0.3 is 4.43 Å². The molecule has 1 aromatic carbocycles. The lowest BCUT2D eigenvalue weighted by Crippen LogP contribution is -2.74. The minimum atomic E-state index is -1.97. The topological polar surface area (TPSA) is 9.23 Å². The zero-order valence-corrected chi connectivity index (χ0v) is 44.2. The minimum absolute atomic E-state index is 0.351. The van der Waals surface area contributed by atoms with Gasteiger partial charge in [-0.15, -0.1) is 0 Å². The van der Waals surface area contributed by atoms with Gasteiger partial charge in [0.05, 0.1) is 5.76 Å². The molecule has 1 rings (SSSR count). The highest BCUT2D eigenvalue weighted by atomic mass is 79.9. The average molecular weight is 819 g/mol. The second kappa shape index (κ2) is 14.3. The van der Waals surface area contributed by atoms with Crippen LogP contribution in [0.4, 0.5) is 0 Å². The maximum Gasteiger partial charge on any atom is 0.338 e. The van der Waals surface area contributed by atoms with Crippen molar-refractivity contribution in [3.8, 4) is 0 Å². The first-order valence-corrected chi connectivity index (χ1v) is 46.8. The number of benzene rings is 1. The van der Waals surface area contributed by atoms with E-state index in [-0.39, 0.29) is 0 Å². The molecular formula is C35H77BrOSi8. The number of hydrogen-bond acceptors (Lipinski definition) is 1. The van der Waals surface area contributed by atoms with Crippen LogP contribution >= 0.6 is 15.3 Å². The Hall–Kier alpha value is 0.975. The van der Waals surface area contributed by atoms with E-state index in [9.17, 15) is 0 Å². The summed E-state index contributed by atoms with van der Waals surface area (Å²) in [6, 6.07) is 5.79. The van der Waals surface area contributed by atoms with E-state index in [1.807, 2.05) is 0 Å². The third-order valence-electron chi connectivity index (χ3n) is 10.3. The fraction of sp³-hybridized carbons (Fsp3) is 0.771. The average Bonchev–Trinajstić information content (AvgIpc) is 2.70. The van der Waals surface area contributed by atoms with Gasteiger partial charge >= 0.3 is 7.66 Å². The molecule has 0 amide bonds. The van der Waals surface area contributed by atoms with Crippen LogP contribution in [0.25, 0.3) is 0 Å². The fourth-order valence-electron chi connectivity index (χ4n) is 11.3. The van der Waals surface area contributed by atoms with Crippen LogP contribution in [0.15, 0.2) is 24.0 Å². The Labute approximate surface area is 300 Å². The lowest BCUT2D eigenvalue weighted by Gasteiger charge is -2.60. The summed E-state index contributed by atoms with van der Waals surface area (Å²) < 4.78 is 7.45. The van der Waals surface area contributed by atoms with Gasteiger partial charge in [-0.1, -0.05) is 178 Å². The smallest absolute Gasteiger partial charge is 0.338 e. The second-order valence-electron chi connectivity index (χ2n) is 21.4. The van der Waals surface area contributed by atoms with Crippen LogP contribution in [0, 0.1) is 0 Å². The summed E-state index contributed by atoms with van der Waals surface area (Å²) in [6.07, 6.45) is 3.17. The molecule has 0 aliphatic carbocycles. The highest BCUT2D eigenvalue weighted by Crippen LogP contribution is 2.51. The van der Waals surface area contributed by atoms with Crippen LogP contribution in [0.2, 0.25) is 137 Å². The predicted octanol–water partition coefficient (Wildman–Crippen LogP) is 12.4. The maximum absolute atomic E-state index is 7.10. The van der Waals surface area contributed by atoms with E-state index in [0.717, 1.165) is 12.2 Å². The molecule has 0 saturated carbocycles. The van der Waals surface area contributed by atoms with Crippen molar-refractivity contribution in [1.82, 2.24) is 0 Å². The van der Waals surface area contributed by atoms with Crippen molar-refractivity contribution < 1.29 is 4.43 Å². The number of allylic oxidation sites excluding steroid dienone is 2. The molecule has 0 saturated heterocycles. The minimum Gasteiger partial charge on any atom is -0.535 e. The first kappa shape index (κ1) is 44.0. The molecule has 1 nitrogen and oxygen atoms in total. The van der Waals surface area contributed by atoms with Crippen molar-refractivity contribution in [1.29, 1.82) is 0 Å². The molecule has 0 aromatic heterocycles. The van der Waals surface area contributed by atoms with Crippen molar-refractivity contribution in [3.63, 3.8) is 0 Å². The molecule has 0 spiro atoms. The third-order valence-corrected chi connectivity index (χ3v) is 53.5. The Kier molecular flexibility index (Phi) is 14.0. The Bertz CT molecular complexity index is 1080. The molecular weight excluding hydrogens is 741 g/mol. The van der Waals surface area contributed by atoms with Crippen LogP contribution in [-0.4, -0.2) is 64.2 Å². The lowest BCUT2D eigenvalue weighted by atomic mass is 10.1. The standard InChI is InChI=1S/C35H77BrOSi8/c1-24-29(25-2)37-38(36)32-30(33(39(3,4)5)40(6,7)8)26-28(27-31(32)34(41(9,10)11)42(12,13)14)35(43(15,16)17,44(18,19)20)45(21,22)23/h24,26-27,33-34,38H,25H2,1-23H3/b29-24-. The Morgan fingerprint density at radius 2 is 0.933 bits per heavy atom. The SMILES string of the molecule is C/C=C(/CC)O[SiH](Br)c1c(C([Si](C)(C)C)[Si](C)(C)C)cc(C([Si](C)(C)C)([Si](C)(C)C)[Si](C)(C)C)cc1C([Si](C)(C)C)[Si](C)(C)C. The summed E-state index contributed by atoms with van der Waals surface area (Å²) in [4.78, 5) is 0. The van der Waals surface area contributed by atoms with E-state index in [2.05, 4.69) is 185 Å². The molecule has 45 heavy (non-hydrogen) atoms. The van der Waals surface area contributed by atoms with E-state index in [1.54, 1.807) is 21.9 Å². The van der Waals surface area contributed by atoms with Crippen LogP contribution in [0.1, 0.15) is 47.3 Å². The molecule has 0 aliphatic rings. The molecule has 0 aliphatic heterocycles. The zero-order valence-electron chi connectivity index (χ0n) is 34.5. The molecule has 1 atom stereocenters. The quantitative estimate of drug-likeness (QED) is 0.103. The maximum atomic E-state index is 7.10. The molecule has 0 fully saturated rings. The van der Waals surface area contributed by atoms with Gasteiger partial charge in [-0.2, -0.15) is 0 Å². The Morgan fingerprint density at radius 1 is 0.644 bits per heavy atom. The summed E-state index contributed by atoms with van der Waals surface area (Å²) in [7, 11) is -13.5. The molecule has 1 aromatic rings. The monoisotopic (exact) mass is 816 g/mol. The van der Waals surface area contributed by atoms with Gasteiger partial charge in [0.1, 0.15) is 0 Å². The Morgan fingerprint density at radius 3 is 1.13 bits per heavy atom. The zero-order chi connectivity index (χ0) is 36.2. The van der Waals surface area contributed by atoms with Crippen molar-refractivity contribution >= 4 is 84.7 Å². The van der Waals surface area contributed by atoms with E-state index in [1.165, 1.54) is 0 Å². The molecule has 0 radical (unpaired) electrons. The van der Waals surface area contributed by atoms with Gasteiger partial charge in [-0.05, 0) is 43.4 Å². The van der Waals surface area contributed by atoms with Gasteiger partial charge in [0.15, 0.2) is 0 Å². The molecule has 0 bridgehead atoms. The van der Waals surface area contributed by atoms with Crippen molar-refractivity contribution in [3.05, 3.63) is 40.7 Å². The van der Waals surface area contributed by atoms with Gasteiger partial charge in [0.2, 0.25) is 0 Å². The van der Waals surface area contributed by atoms with Gasteiger partial charge in [0.25, 0.3) is 0 Å². The molecule has 0 heterocycles. The summed E-state index contributed by atoms with van der Waals surface area (Å²) in [5.74, 6) is 1.15. The van der Waals surface area contributed by atoms with Crippen LogP contribution in [0.3, 0.4) is 0 Å². The first-order valence-electron chi connectivity index (χ1n) is 17.8. The largest absolute Gasteiger partial charge is 0.535 e. The number of rotatable bonds is 14.